The van der Waals surface area contributed by atoms with Crippen LogP contribution in [0.1, 0.15) is 0 Å². The lowest BCUT2D eigenvalue weighted by molar-refractivity contribution is 0.415. The molecule has 3 heterocycles. The van der Waals surface area contributed by atoms with Crippen molar-refractivity contribution < 1.29 is 4.74 Å². The van der Waals surface area contributed by atoms with Crippen molar-refractivity contribution in [3.05, 3.63) is 85.7 Å². The lowest BCUT2D eigenvalue weighted by atomic mass is 10.1. The first-order valence-corrected chi connectivity index (χ1v) is 10.7. The molecule has 154 valence electrons. The largest absolute Gasteiger partial charge is 0.497 e. The average molecular weight is 470 g/mol. The van der Waals surface area contributed by atoms with Gasteiger partial charge >= 0.3 is 5.69 Å². The second-order valence-electron chi connectivity index (χ2n) is 6.79. The third kappa shape index (κ3) is 3.31. The first-order chi connectivity index (χ1) is 15.0. The molecule has 3 aromatic heterocycles. The summed E-state index contributed by atoms with van der Waals surface area (Å²) in [4.78, 5) is 34.0. The highest BCUT2D eigenvalue weighted by atomic mass is 35.5. The van der Waals surface area contributed by atoms with Crippen LogP contribution >= 0.6 is 34.5 Å². The van der Waals surface area contributed by atoms with E-state index in [-0.39, 0.29) is 0 Å². The Balaban J connectivity index is 1.77. The van der Waals surface area contributed by atoms with Crippen molar-refractivity contribution >= 4 is 55.5 Å². The number of nitrogens with zero attached hydrogens (tertiary/aromatic N) is 2. The average Bonchev–Trinajstić information content (AvgIpc) is 3.18. The Hall–Kier alpha value is -3.13. The second-order valence-corrected chi connectivity index (χ2v) is 8.69. The lowest BCUT2D eigenvalue weighted by Gasteiger charge is -2.08. The molecule has 5 rings (SSSR count). The van der Waals surface area contributed by atoms with Crippen LogP contribution in [0.25, 0.3) is 37.1 Å². The number of methoxy groups -OCH3 is 1. The number of halogens is 2. The van der Waals surface area contributed by atoms with Crippen molar-refractivity contribution in [3.63, 3.8) is 0 Å². The zero-order valence-electron chi connectivity index (χ0n) is 16.0. The van der Waals surface area contributed by atoms with E-state index in [1.54, 1.807) is 55.8 Å². The third-order valence-corrected chi connectivity index (χ3v) is 6.68. The highest BCUT2D eigenvalue weighted by Gasteiger charge is 2.17. The van der Waals surface area contributed by atoms with E-state index in [9.17, 15) is 9.59 Å². The van der Waals surface area contributed by atoms with Gasteiger partial charge in [0.15, 0.2) is 0 Å². The molecule has 2 aromatic carbocycles. The van der Waals surface area contributed by atoms with E-state index in [0.717, 1.165) is 20.4 Å². The van der Waals surface area contributed by atoms with Gasteiger partial charge in [0, 0.05) is 37.5 Å². The molecule has 31 heavy (non-hydrogen) atoms. The van der Waals surface area contributed by atoms with E-state index < -0.39 is 11.2 Å². The van der Waals surface area contributed by atoms with Gasteiger partial charge in [-0.2, -0.15) is 0 Å². The molecule has 6 nitrogen and oxygen atoms in total. The Morgan fingerprint density at radius 2 is 1.90 bits per heavy atom. The van der Waals surface area contributed by atoms with Crippen molar-refractivity contribution in [3.8, 4) is 21.9 Å². The van der Waals surface area contributed by atoms with Gasteiger partial charge in [0.2, 0.25) is 0 Å². The molecule has 0 amide bonds. The maximum absolute atomic E-state index is 13.4. The minimum atomic E-state index is -0.553. The highest BCUT2D eigenvalue weighted by molar-refractivity contribution is 7.22. The predicted octanol–water partition coefficient (Wildman–Crippen LogP) is 5.27. The quantitative estimate of drug-likeness (QED) is 0.390. The number of aromatic nitrogens is 3. The Bertz CT molecular complexity index is 1600. The lowest BCUT2D eigenvalue weighted by Crippen LogP contribution is -2.33. The fourth-order valence-corrected chi connectivity index (χ4v) is 5.02. The fourth-order valence-electron chi connectivity index (χ4n) is 3.49. The van der Waals surface area contributed by atoms with Gasteiger partial charge in [-0.25, -0.2) is 9.36 Å². The summed E-state index contributed by atoms with van der Waals surface area (Å²) in [5.74, 6) is 0.642. The number of H-pyrrole nitrogens is 1. The van der Waals surface area contributed by atoms with E-state index >= 15 is 0 Å². The number of hydrogen-bond acceptors (Lipinski definition) is 5. The number of rotatable bonds is 3. The van der Waals surface area contributed by atoms with Gasteiger partial charge in [0.1, 0.15) is 10.4 Å². The number of aromatic amines is 1. The van der Waals surface area contributed by atoms with Gasteiger partial charge in [-0.3, -0.25) is 9.78 Å². The molecule has 0 bridgehead atoms. The summed E-state index contributed by atoms with van der Waals surface area (Å²) in [6.45, 7) is 0. The number of thiophene rings is 1. The van der Waals surface area contributed by atoms with Gasteiger partial charge < -0.3 is 9.72 Å². The van der Waals surface area contributed by atoms with Crippen LogP contribution < -0.4 is 16.0 Å². The number of benzene rings is 2. The van der Waals surface area contributed by atoms with Crippen LogP contribution in [0.3, 0.4) is 0 Å². The van der Waals surface area contributed by atoms with Gasteiger partial charge in [-0.05, 0) is 36.4 Å². The number of hydrogen-bond donors (Lipinski definition) is 1. The molecular formula is C22H13Cl2N3O3S. The minimum Gasteiger partial charge on any atom is -0.497 e. The topological polar surface area (TPSA) is 77.0 Å². The Morgan fingerprint density at radius 1 is 1.06 bits per heavy atom. The molecule has 0 fully saturated rings. The summed E-state index contributed by atoms with van der Waals surface area (Å²) in [5, 5.41) is 2.48. The van der Waals surface area contributed by atoms with Crippen LogP contribution in [-0.2, 0) is 0 Å². The predicted molar refractivity (Wildman–Crippen MR) is 125 cm³/mol. The maximum Gasteiger partial charge on any atom is 0.333 e. The van der Waals surface area contributed by atoms with Crippen LogP contribution in [0.2, 0.25) is 10.0 Å². The molecule has 0 aliphatic carbocycles. The highest BCUT2D eigenvalue weighted by Crippen LogP contribution is 2.37. The second kappa shape index (κ2) is 7.53. The zero-order chi connectivity index (χ0) is 21.7. The molecule has 0 spiro atoms. The molecule has 0 atom stereocenters. The molecule has 1 N–H and O–H groups in total. The van der Waals surface area contributed by atoms with Crippen molar-refractivity contribution in [2.24, 2.45) is 0 Å². The summed E-state index contributed by atoms with van der Waals surface area (Å²) < 4.78 is 6.78. The Morgan fingerprint density at radius 3 is 2.71 bits per heavy atom. The van der Waals surface area contributed by atoms with Crippen LogP contribution in [0.4, 0.5) is 0 Å². The fraction of sp³-hybridized carbons (Fsp3) is 0.0455. The van der Waals surface area contributed by atoms with Crippen molar-refractivity contribution in [2.45, 2.75) is 0 Å². The van der Waals surface area contributed by atoms with E-state index in [1.165, 1.54) is 17.5 Å². The molecular weight excluding hydrogens is 457 g/mol. The van der Waals surface area contributed by atoms with Crippen LogP contribution in [0.15, 0.2) is 64.4 Å². The first kappa shape index (κ1) is 19.8. The van der Waals surface area contributed by atoms with Crippen LogP contribution in [-0.4, -0.2) is 21.6 Å². The minimum absolute atomic E-state index is 0.386. The van der Waals surface area contributed by atoms with Crippen molar-refractivity contribution in [2.75, 3.05) is 7.11 Å². The van der Waals surface area contributed by atoms with E-state index in [0.29, 0.717) is 37.1 Å². The summed E-state index contributed by atoms with van der Waals surface area (Å²) in [6.07, 6.45) is 3.13. The van der Waals surface area contributed by atoms with Gasteiger partial charge in [0.05, 0.1) is 24.5 Å². The molecule has 0 aliphatic rings. The normalized spacial score (nSPS) is 11.3. The van der Waals surface area contributed by atoms with Crippen molar-refractivity contribution in [1.82, 2.24) is 14.5 Å². The molecule has 0 saturated heterocycles. The zero-order valence-corrected chi connectivity index (χ0v) is 18.3. The smallest absolute Gasteiger partial charge is 0.333 e. The summed E-state index contributed by atoms with van der Waals surface area (Å²) in [7, 11) is 1.57. The standard InChI is InChI=1S/C22H13Cl2N3O3S/c1-30-13-3-5-16(24)15(7-13)19-8-17-20(31-19)21(28)27(22(29)26-17)18-10-25-9-11-6-12(23)2-4-14(11)18/h2-10H,1H3,(H,26,29). The number of ether oxygens (including phenoxy) is 1. The third-order valence-electron chi connectivity index (χ3n) is 4.95. The van der Waals surface area contributed by atoms with E-state index in [1.807, 2.05) is 0 Å². The number of nitrogens with one attached hydrogen (secondary N) is 1. The summed E-state index contributed by atoms with van der Waals surface area (Å²) in [5.41, 5.74) is 0.564. The molecule has 5 aromatic rings. The van der Waals surface area contributed by atoms with Crippen LogP contribution in [0, 0.1) is 0 Å². The van der Waals surface area contributed by atoms with Gasteiger partial charge in [0.25, 0.3) is 5.56 Å². The first-order valence-electron chi connectivity index (χ1n) is 9.12. The maximum atomic E-state index is 13.4. The molecule has 9 heteroatoms. The van der Waals surface area contributed by atoms with Gasteiger partial charge in [-0.1, -0.05) is 29.3 Å². The SMILES string of the molecule is COc1ccc(Cl)c(-c2cc3[nH]c(=O)n(-c4cncc5cc(Cl)ccc45)c(=O)c3s2)c1. The number of fused-ring (bicyclic) bond motifs is 2. The molecule has 0 unspecified atom stereocenters. The van der Waals surface area contributed by atoms with E-state index in [2.05, 4.69) is 9.97 Å². The molecule has 0 radical (unpaired) electrons. The monoisotopic (exact) mass is 469 g/mol. The van der Waals surface area contributed by atoms with Crippen molar-refractivity contribution in [1.29, 1.82) is 0 Å². The molecule has 0 saturated carbocycles. The summed E-state index contributed by atoms with van der Waals surface area (Å²) in [6, 6.07) is 12.2. The van der Waals surface area contributed by atoms with E-state index in [4.69, 9.17) is 27.9 Å². The van der Waals surface area contributed by atoms with Crippen LogP contribution in [0.5, 0.6) is 5.75 Å². The summed E-state index contributed by atoms with van der Waals surface area (Å²) >= 11 is 13.7. The number of pyridine rings is 1. The molecule has 0 aliphatic heterocycles. The van der Waals surface area contributed by atoms with Gasteiger partial charge in [-0.15, -0.1) is 11.3 Å². The Labute approximate surface area is 189 Å². The Kier molecular flexibility index (Phi) is 4.81.